The van der Waals surface area contributed by atoms with Crippen LogP contribution in [-0.2, 0) is 0 Å². The third-order valence-electron chi connectivity index (χ3n) is 3.78. The van der Waals surface area contributed by atoms with E-state index < -0.39 is 0 Å². The SMILES string of the molecule is C=CCN(CC1CCCCCC1N)C(C)C. The number of nitrogens with two attached hydrogens (primary N) is 1. The summed E-state index contributed by atoms with van der Waals surface area (Å²) in [7, 11) is 0. The van der Waals surface area contributed by atoms with Crippen molar-refractivity contribution in [1.29, 1.82) is 0 Å². The Kier molecular flexibility index (Phi) is 6.07. The standard InChI is InChI=1S/C14H28N2/c1-4-10-16(12(2)3)11-13-8-6-5-7-9-14(13)15/h4,12-14H,1,5-11,15H2,2-3H3. The topological polar surface area (TPSA) is 29.3 Å². The highest BCUT2D eigenvalue weighted by Gasteiger charge is 2.23. The molecule has 2 N–H and O–H groups in total. The highest BCUT2D eigenvalue weighted by molar-refractivity contribution is 4.83. The van der Waals surface area contributed by atoms with Gasteiger partial charge in [-0.1, -0.05) is 25.3 Å². The van der Waals surface area contributed by atoms with Crippen LogP contribution in [0.2, 0.25) is 0 Å². The molecular weight excluding hydrogens is 196 g/mol. The van der Waals surface area contributed by atoms with Crippen molar-refractivity contribution in [1.82, 2.24) is 4.90 Å². The second-order valence-corrected chi connectivity index (χ2v) is 5.40. The van der Waals surface area contributed by atoms with Crippen molar-refractivity contribution in [2.24, 2.45) is 11.7 Å². The van der Waals surface area contributed by atoms with E-state index in [2.05, 4.69) is 25.3 Å². The first-order chi connectivity index (χ1) is 7.65. The first-order valence-electron chi connectivity index (χ1n) is 6.75. The van der Waals surface area contributed by atoms with Gasteiger partial charge < -0.3 is 5.73 Å². The smallest absolute Gasteiger partial charge is 0.0163 e. The quantitative estimate of drug-likeness (QED) is 0.575. The Morgan fingerprint density at radius 2 is 2.00 bits per heavy atom. The molecule has 2 heteroatoms. The van der Waals surface area contributed by atoms with E-state index in [-0.39, 0.29) is 0 Å². The van der Waals surface area contributed by atoms with E-state index in [0.29, 0.717) is 18.0 Å². The Balaban J connectivity index is 2.50. The van der Waals surface area contributed by atoms with Crippen LogP contribution in [-0.4, -0.2) is 30.1 Å². The maximum atomic E-state index is 6.27. The fourth-order valence-corrected chi connectivity index (χ4v) is 2.60. The molecule has 0 aromatic carbocycles. The first-order valence-corrected chi connectivity index (χ1v) is 6.75. The third-order valence-corrected chi connectivity index (χ3v) is 3.78. The third kappa shape index (κ3) is 4.26. The van der Waals surface area contributed by atoms with Crippen LogP contribution in [0.5, 0.6) is 0 Å². The zero-order valence-corrected chi connectivity index (χ0v) is 11.0. The zero-order valence-electron chi connectivity index (χ0n) is 11.0. The Labute approximate surface area is 101 Å². The molecule has 0 amide bonds. The molecule has 0 aliphatic heterocycles. The summed E-state index contributed by atoms with van der Waals surface area (Å²) in [6.45, 7) is 10.5. The number of hydrogen-bond acceptors (Lipinski definition) is 2. The summed E-state index contributed by atoms with van der Waals surface area (Å²) in [5, 5.41) is 0. The van der Waals surface area contributed by atoms with Crippen LogP contribution in [0.3, 0.4) is 0 Å². The van der Waals surface area contributed by atoms with Crippen molar-refractivity contribution in [3.8, 4) is 0 Å². The van der Waals surface area contributed by atoms with Gasteiger partial charge in [0.05, 0.1) is 0 Å². The molecule has 0 bridgehead atoms. The van der Waals surface area contributed by atoms with E-state index in [9.17, 15) is 0 Å². The molecule has 0 radical (unpaired) electrons. The summed E-state index contributed by atoms with van der Waals surface area (Å²) in [4.78, 5) is 2.49. The van der Waals surface area contributed by atoms with Gasteiger partial charge in [-0.2, -0.15) is 0 Å². The van der Waals surface area contributed by atoms with Gasteiger partial charge in [0.1, 0.15) is 0 Å². The first kappa shape index (κ1) is 13.7. The molecule has 94 valence electrons. The molecule has 16 heavy (non-hydrogen) atoms. The van der Waals surface area contributed by atoms with Crippen LogP contribution in [0.15, 0.2) is 12.7 Å². The van der Waals surface area contributed by atoms with Crippen molar-refractivity contribution >= 4 is 0 Å². The van der Waals surface area contributed by atoms with Crippen LogP contribution in [0.4, 0.5) is 0 Å². The molecule has 0 aromatic heterocycles. The van der Waals surface area contributed by atoms with Crippen LogP contribution in [0.25, 0.3) is 0 Å². The van der Waals surface area contributed by atoms with Crippen molar-refractivity contribution in [2.45, 2.75) is 58.0 Å². The van der Waals surface area contributed by atoms with E-state index in [1.165, 1.54) is 32.1 Å². The molecule has 2 unspecified atom stereocenters. The Bertz CT molecular complexity index is 201. The highest BCUT2D eigenvalue weighted by atomic mass is 15.1. The predicted molar refractivity (Wildman–Crippen MR) is 71.5 cm³/mol. The largest absolute Gasteiger partial charge is 0.327 e. The van der Waals surface area contributed by atoms with E-state index in [1.807, 2.05) is 6.08 Å². The fourth-order valence-electron chi connectivity index (χ4n) is 2.60. The van der Waals surface area contributed by atoms with Crippen LogP contribution in [0, 0.1) is 5.92 Å². The monoisotopic (exact) mass is 224 g/mol. The highest BCUT2D eigenvalue weighted by Crippen LogP contribution is 2.23. The summed E-state index contributed by atoms with van der Waals surface area (Å²) in [6, 6.07) is 1.00. The van der Waals surface area contributed by atoms with E-state index in [1.54, 1.807) is 0 Å². The minimum atomic E-state index is 0.411. The van der Waals surface area contributed by atoms with Gasteiger partial charge >= 0.3 is 0 Å². The van der Waals surface area contributed by atoms with Crippen molar-refractivity contribution in [2.75, 3.05) is 13.1 Å². The molecule has 0 aromatic rings. The van der Waals surface area contributed by atoms with Crippen molar-refractivity contribution in [3.05, 3.63) is 12.7 Å². The minimum absolute atomic E-state index is 0.411. The molecule has 0 spiro atoms. The summed E-state index contributed by atoms with van der Waals surface area (Å²) in [6.07, 6.45) is 8.57. The van der Waals surface area contributed by atoms with E-state index in [0.717, 1.165) is 13.1 Å². The molecular formula is C14H28N2. The second kappa shape index (κ2) is 7.08. The van der Waals surface area contributed by atoms with Gasteiger partial charge in [0, 0.05) is 25.2 Å². The molecule has 1 rings (SSSR count). The normalized spacial score (nSPS) is 27.1. The van der Waals surface area contributed by atoms with Crippen molar-refractivity contribution < 1.29 is 0 Å². The lowest BCUT2D eigenvalue weighted by atomic mass is 9.94. The maximum Gasteiger partial charge on any atom is 0.0163 e. The maximum absolute atomic E-state index is 6.27. The Morgan fingerprint density at radius 1 is 1.31 bits per heavy atom. The fraction of sp³-hybridized carbons (Fsp3) is 0.857. The number of nitrogens with zero attached hydrogens (tertiary/aromatic N) is 1. The van der Waals surface area contributed by atoms with Gasteiger partial charge in [0.2, 0.25) is 0 Å². The predicted octanol–water partition coefficient (Wildman–Crippen LogP) is 2.79. The van der Waals surface area contributed by atoms with Gasteiger partial charge in [-0.15, -0.1) is 6.58 Å². The van der Waals surface area contributed by atoms with Crippen molar-refractivity contribution in [3.63, 3.8) is 0 Å². The average Bonchev–Trinajstić information content (AvgIpc) is 2.43. The molecule has 2 nitrogen and oxygen atoms in total. The zero-order chi connectivity index (χ0) is 12.0. The molecule has 1 saturated carbocycles. The molecule has 1 fully saturated rings. The van der Waals surface area contributed by atoms with Gasteiger partial charge in [0.15, 0.2) is 0 Å². The average molecular weight is 224 g/mol. The van der Waals surface area contributed by atoms with Gasteiger partial charge in [0.25, 0.3) is 0 Å². The van der Waals surface area contributed by atoms with Crippen LogP contribution in [0.1, 0.15) is 46.0 Å². The number of rotatable bonds is 5. The summed E-state index contributed by atoms with van der Waals surface area (Å²) >= 11 is 0. The Morgan fingerprint density at radius 3 is 2.62 bits per heavy atom. The molecule has 1 aliphatic carbocycles. The van der Waals surface area contributed by atoms with Crippen LogP contribution >= 0.6 is 0 Å². The molecule has 1 aliphatic rings. The minimum Gasteiger partial charge on any atom is -0.327 e. The van der Waals surface area contributed by atoms with E-state index in [4.69, 9.17) is 5.73 Å². The lowest BCUT2D eigenvalue weighted by molar-refractivity contribution is 0.187. The van der Waals surface area contributed by atoms with Gasteiger partial charge in [-0.3, -0.25) is 4.90 Å². The number of hydrogen-bond donors (Lipinski definition) is 1. The lowest BCUT2D eigenvalue weighted by Gasteiger charge is -2.31. The Hall–Kier alpha value is -0.340. The molecule has 0 saturated heterocycles. The summed E-state index contributed by atoms with van der Waals surface area (Å²) in [5.74, 6) is 0.685. The van der Waals surface area contributed by atoms with Crippen LogP contribution < -0.4 is 5.73 Å². The lowest BCUT2D eigenvalue weighted by Crippen LogP contribution is -2.41. The van der Waals surface area contributed by atoms with E-state index >= 15 is 0 Å². The molecule has 0 heterocycles. The molecule has 2 atom stereocenters. The van der Waals surface area contributed by atoms with Gasteiger partial charge in [-0.25, -0.2) is 0 Å². The summed E-state index contributed by atoms with van der Waals surface area (Å²) < 4.78 is 0. The van der Waals surface area contributed by atoms with Gasteiger partial charge in [-0.05, 0) is 32.6 Å². The second-order valence-electron chi connectivity index (χ2n) is 5.40. The summed E-state index contributed by atoms with van der Waals surface area (Å²) in [5.41, 5.74) is 6.27.